The Balaban J connectivity index is -0.0000000376. The summed E-state index contributed by atoms with van der Waals surface area (Å²) in [6.45, 7) is 0. The van der Waals surface area contributed by atoms with Crippen LogP contribution in [-0.2, 0) is 80.6 Å². The minimum atomic E-state index is -5.17. The monoisotopic (exact) mass is 592 g/mol. The predicted octanol–water partition coefficient (Wildman–Crippen LogP) is -4.67. The molecule has 0 radical (unpaired) electrons. The van der Waals surface area contributed by atoms with Crippen molar-refractivity contribution >= 4 is 41.6 Å². The van der Waals surface area contributed by atoms with Crippen molar-refractivity contribution in [3.05, 3.63) is 0 Å². The van der Waals surface area contributed by atoms with Gasteiger partial charge in [-0.25, -0.2) is 0 Å². The number of rotatable bonds is 0. The van der Waals surface area contributed by atoms with Gasteiger partial charge in [-0.3, -0.25) is 34.4 Å². The maximum Gasteiger partial charge on any atom is 3.00 e. The molecule has 0 aromatic heterocycles. The molecule has 140 valence electrons. The third-order valence-corrected chi connectivity index (χ3v) is 0. The van der Waals surface area contributed by atoms with Crippen LogP contribution in [0.1, 0.15) is 0 Å². The molecule has 0 aromatic rings. The van der Waals surface area contributed by atoms with E-state index in [1.165, 1.54) is 0 Å². The van der Waals surface area contributed by atoms with E-state index in [1.54, 1.807) is 0 Å². The van der Waals surface area contributed by atoms with Gasteiger partial charge in [-0.1, -0.05) is 0 Å². The first-order chi connectivity index (χ1) is 8.00. The Hall–Kier alpha value is 0.727. The maximum absolute atomic E-state index is 8.74. The molecule has 22 heteroatoms. The van der Waals surface area contributed by atoms with Crippen molar-refractivity contribution in [2.45, 2.75) is 0 Å². The average Bonchev–Trinajstić information content (AvgIpc) is 1.62. The first-order valence-corrected chi connectivity index (χ1v) is 8.10. The third-order valence-electron chi connectivity index (χ3n) is 0. The second kappa shape index (κ2) is 15.3. The molecule has 0 saturated heterocycles. The average molecular weight is 592 g/mol. The van der Waals surface area contributed by atoms with E-state index in [4.69, 9.17) is 70.1 Å². The fourth-order valence-electron chi connectivity index (χ4n) is 0. The first-order valence-electron chi connectivity index (χ1n) is 2.70. The molecule has 0 heterocycles. The van der Waals surface area contributed by atoms with E-state index in [2.05, 4.69) is 0 Å². The summed E-state index contributed by atoms with van der Waals surface area (Å²) in [5.74, 6) is 0. The molecule has 0 atom stereocenters. The van der Waals surface area contributed by atoms with Crippen molar-refractivity contribution in [1.82, 2.24) is 0 Å². The second-order valence-corrected chi connectivity index (χ2v) is 5.02. The Bertz CT molecular complexity index is 477. The summed E-state index contributed by atoms with van der Waals surface area (Å²) in [7, 11) is -20.2. The molecule has 2 N–H and O–H groups in total. The van der Waals surface area contributed by atoms with Crippen molar-refractivity contribution in [1.29, 1.82) is 0 Å². The third kappa shape index (κ3) is 15300. The molecule has 0 amide bonds. The van der Waals surface area contributed by atoms with Gasteiger partial charge < -0.3 is 27.3 Å². The number of hydrogen-bond acceptors (Lipinski definition) is 14. The molecule has 0 fully saturated rings. The van der Waals surface area contributed by atoms with Crippen LogP contribution in [0, 0.1) is 0 Å². The molecule has 0 rings (SSSR count). The van der Waals surface area contributed by atoms with Gasteiger partial charge in [0.2, 0.25) is 0 Å². The summed E-state index contributed by atoms with van der Waals surface area (Å²) < 4.78 is 134. The zero-order valence-corrected chi connectivity index (χ0v) is 15.5. The van der Waals surface area contributed by atoms with Crippen molar-refractivity contribution in [2.24, 2.45) is 0 Å². The van der Waals surface area contributed by atoms with Gasteiger partial charge in [-0.15, -0.1) is 0 Å². The number of hydrogen-bond donors (Lipinski definition) is 2. The van der Waals surface area contributed by atoms with E-state index < -0.39 is 41.6 Å². The van der Waals surface area contributed by atoms with Crippen molar-refractivity contribution in [3.8, 4) is 0 Å². The van der Waals surface area contributed by atoms with Crippen LogP contribution in [0.3, 0.4) is 0 Å². The summed E-state index contributed by atoms with van der Waals surface area (Å²) >= 11 is 0. The van der Waals surface area contributed by atoms with E-state index in [-0.39, 0.29) is 39.0 Å². The quantitative estimate of drug-likeness (QED) is 0.152. The minimum absolute atomic E-state index is 0. The van der Waals surface area contributed by atoms with Gasteiger partial charge in [0, 0.05) is 31.2 Å². The Morgan fingerprint density at radius 1 is 0.455 bits per heavy atom. The summed E-state index contributed by atoms with van der Waals surface area (Å²) in [5, 5.41) is 0. The Kier molecular flexibility index (Phi) is 26.6. The predicted molar refractivity (Wildman–Crippen MR) is 45.6 cm³/mol. The SMILES string of the molecule is O=S(=O)(O)O.O=S(=O)([O-])[O-].O=S(=O)([O-])[O-].O=S(=O)([O-])[O-].[Rh+3].[Rh+3]. The van der Waals surface area contributed by atoms with Gasteiger partial charge in [-0.05, 0) is 0 Å². The van der Waals surface area contributed by atoms with Gasteiger partial charge in [0.05, 0.1) is 0 Å². The summed E-state index contributed by atoms with van der Waals surface area (Å²) in [6.07, 6.45) is 0. The van der Waals surface area contributed by atoms with Crippen LogP contribution in [0.5, 0.6) is 0 Å². The molecular weight excluding hydrogens is 590 g/mol. The van der Waals surface area contributed by atoms with Crippen LogP contribution in [0.15, 0.2) is 0 Å². The summed E-state index contributed by atoms with van der Waals surface area (Å²) in [5.41, 5.74) is 0. The first kappa shape index (κ1) is 38.3. The smallest absolute Gasteiger partial charge is 0.759 e. The van der Waals surface area contributed by atoms with Crippen LogP contribution in [0.25, 0.3) is 0 Å². The van der Waals surface area contributed by atoms with Gasteiger partial charge in [0.1, 0.15) is 0 Å². The Labute approximate surface area is 150 Å². The Morgan fingerprint density at radius 3 is 0.455 bits per heavy atom. The molecule has 0 aliphatic carbocycles. The molecule has 0 spiro atoms. The second-order valence-electron chi connectivity index (χ2n) is 1.67. The van der Waals surface area contributed by atoms with E-state index >= 15 is 0 Å². The van der Waals surface area contributed by atoms with Gasteiger partial charge >= 0.3 is 49.4 Å². The molecular formula is H2O16Rh2S4. The molecule has 0 saturated carbocycles. The van der Waals surface area contributed by atoms with Crippen molar-refractivity contribution < 1.29 is 109 Å². The zero-order valence-electron chi connectivity index (χ0n) is 8.91. The van der Waals surface area contributed by atoms with Gasteiger partial charge in [-0.2, -0.15) is 8.42 Å². The van der Waals surface area contributed by atoms with Crippen molar-refractivity contribution in [3.63, 3.8) is 0 Å². The fourth-order valence-corrected chi connectivity index (χ4v) is 0. The van der Waals surface area contributed by atoms with Crippen LogP contribution in [-0.4, -0.2) is 70.1 Å². The Morgan fingerprint density at radius 2 is 0.455 bits per heavy atom. The molecule has 0 aliphatic heterocycles. The fraction of sp³-hybridized carbons (Fsp3) is 0. The van der Waals surface area contributed by atoms with Crippen LogP contribution in [0.4, 0.5) is 0 Å². The van der Waals surface area contributed by atoms with Crippen LogP contribution in [0.2, 0.25) is 0 Å². The van der Waals surface area contributed by atoms with Crippen LogP contribution >= 0.6 is 0 Å². The topological polar surface area (TPSA) is 315 Å². The molecule has 0 unspecified atom stereocenters. The van der Waals surface area contributed by atoms with Crippen molar-refractivity contribution in [2.75, 3.05) is 0 Å². The molecule has 0 bridgehead atoms. The molecule has 0 aromatic carbocycles. The molecule has 16 nitrogen and oxygen atoms in total. The molecule has 22 heavy (non-hydrogen) atoms. The standard InChI is InChI=1S/4H2O4S.2Rh/c4*1-5(2,3)4;;/h4*(H2,1,2,3,4);;/q;;;;2*+3/p-6. The normalized spacial score (nSPS) is 10.5. The summed E-state index contributed by atoms with van der Waals surface area (Å²) in [6, 6.07) is 0. The van der Waals surface area contributed by atoms with Gasteiger partial charge in [0.15, 0.2) is 0 Å². The zero-order chi connectivity index (χ0) is 18.0. The maximum atomic E-state index is 8.74. The minimum Gasteiger partial charge on any atom is -0.759 e. The van der Waals surface area contributed by atoms with E-state index in [0.717, 1.165) is 0 Å². The molecule has 0 aliphatic rings. The van der Waals surface area contributed by atoms with E-state index in [9.17, 15) is 0 Å². The largest absolute Gasteiger partial charge is 3.00 e. The van der Waals surface area contributed by atoms with E-state index in [1.807, 2.05) is 0 Å². The van der Waals surface area contributed by atoms with Gasteiger partial charge in [0.25, 0.3) is 0 Å². The summed E-state index contributed by atoms with van der Waals surface area (Å²) in [4.78, 5) is 0. The van der Waals surface area contributed by atoms with Crippen LogP contribution < -0.4 is 0 Å². The van der Waals surface area contributed by atoms with E-state index in [0.29, 0.717) is 0 Å².